The quantitative estimate of drug-likeness (QED) is 0.784. The first kappa shape index (κ1) is 14.3. The van der Waals surface area contributed by atoms with Crippen LogP contribution in [0.25, 0.3) is 0 Å². The molecule has 1 aliphatic carbocycles. The molecule has 19 heavy (non-hydrogen) atoms. The molecule has 0 bridgehead atoms. The minimum absolute atomic E-state index is 0.0297. The monoisotopic (exact) mass is 268 g/mol. The third kappa shape index (κ3) is 3.47. The summed E-state index contributed by atoms with van der Waals surface area (Å²) in [7, 11) is 1.77. The van der Waals surface area contributed by atoms with E-state index in [0.29, 0.717) is 12.6 Å². The second-order valence-electron chi connectivity index (χ2n) is 5.76. The molecule has 108 valence electrons. The van der Waals surface area contributed by atoms with Crippen LogP contribution in [0.5, 0.6) is 0 Å². The van der Waals surface area contributed by atoms with E-state index in [9.17, 15) is 9.59 Å². The molecule has 2 rings (SSSR count). The lowest BCUT2D eigenvalue weighted by Crippen LogP contribution is -2.59. The average Bonchev–Trinajstić information content (AvgIpc) is 2.64. The highest BCUT2D eigenvalue weighted by atomic mass is 16.4. The number of hydrogen-bond acceptors (Lipinski definition) is 3. The van der Waals surface area contributed by atoms with Crippen molar-refractivity contribution in [3.8, 4) is 0 Å². The van der Waals surface area contributed by atoms with E-state index in [2.05, 4.69) is 4.90 Å². The molecule has 1 amide bonds. The molecule has 0 aromatic rings. The fraction of sp³-hybridized carbons (Fsp3) is 0.857. The number of carbonyl (C=O) groups excluding carboxylic acids is 1. The number of aliphatic carboxylic acids is 1. The fourth-order valence-electron chi connectivity index (χ4n) is 3.32. The maximum absolute atomic E-state index is 12.2. The molecule has 1 aliphatic heterocycles. The Kier molecular flexibility index (Phi) is 4.80. The van der Waals surface area contributed by atoms with Crippen LogP contribution < -0.4 is 0 Å². The number of likely N-dealkylation sites (N-methyl/N-ethyl adjacent to an activating group) is 1. The van der Waals surface area contributed by atoms with Crippen molar-refractivity contribution in [2.75, 3.05) is 20.1 Å². The Bertz CT molecular complexity index is 338. The summed E-state index contributed by atoms with van der Waals surface area (Å²) in [5, 5.41) is 9.04. The molecule has 1 saturated carbocycles. The van der Waals surface area contributed by atoms with Gasteiger partial charge in [-0.05, 0) is 12.8 Å². The molecule has 5 heteroatoms. The van der Waals surface area contributed by atoms with Crippen LogP contribution >= 0.6 is 0 Å². The number of carbonyl (C=O) groups is 2. The molecule has 1 heterocycles. The highest BCUT2D eigenvalue weighted by molar-refractivity contribution is 5.86. The first-order valence-corrected chi connectivity index (χ1v) is 7.32. The summed E-state index contributed by atoms with van der Waals surface area (Å²) in [6, 6.07) is -0.0659. The summed E-state index contributed by atoms with van der Waals surface area (Å²) in [6.07, 6.45) is 7.07. The molecule has 1 atom stereocenters. The third-order valence-corrected chi connectivity index (χ3v) is 4.42. The number of carboxylic acids is 1. The number of amides is 1. The molecule has 2 aliphatic rings. The zero-order chi connectivity index (χ0) is 13.8. The van der Waals surface area contributed by atoms with Gasteiger partial charge >= 0.3 is 5.97 Å². The minimum atomic E-state index is -0.882. The highest BCUT2D eigenvalue weighted by Crippen LogP contribution is 2.26. The first-order valence-electron chi connectivity index (χ1n) is 7.32. The Morgan fingerprint density at radius 1 is 1.21 bits per heavy atom. The maximum atomic E-state index is 12.2. The SMILES string of the molecule is CN1CCN(C2CCCCCC2)C(CC(=O)O)C1=O. The summed E-state index contributed by atoms with van der Waals surface area (Å²) < 4.78 is 0. The smallest absolute Gasteiger partial charge is 0.305 e. The summed E-state index contributed by atoms with van der Waals surface area (Å²) in [5.74, 6) is -0.912. The van der Waals surface area contributed by atoms with Crippen LogP contribution in [0.3, 0.4) is 0 Å². The number of rotatable bonds is 3. The number of piperazine rings is 1. The minimum Gasteiger partial charge on any atom is -0.481 e. The molecular formula is C14H24N2O3. The average molecular weight is 268 g/mol. The largest absolute Gasteiger partial charge is 0.481 e. The van der Waals surface area contributed by atoms with E-state index in [1.54, 1.807) is 11.9 Å². The van der Waals surface area contributed by atoms with Gasteiger partial charge in [0.15, 0.2) is 0 Å². The molecule has 1 saturated heterocycles. The number of nitrogens with zero attached hydrogens (tertiary/aromatic N) is 2. The fourth-order valence-corrected chi connectivity index (χ4v) is 3.32. The van der Waals surface area contributed by atoms with Crippen molar-refractivity contribution < 1.29 is 14.7 Å². The summed E-state index contributed by atoms with van der Waals surface area (Å²) in [5.41, 5.74) is 0. The van der Waals surface area contributed by atoms with Crippen LogP contribution in [0.1, 0.15) is 44.9 Å². The van der Waals surface area contributed by atoms with Crippen LogP contribution in [0.2, 0.25) is 0 Å². The lowest BCUT2D eigenvalue weighted by molar-refractivity contribution is -0.149. The third-order valence-electron chi connectivity index (χ3n) is 4.42. The van der Waals surface area contributed by atoms with Crippen LogP contribution in [-0.4, -0.2) is 59.0 Å². The lowest BCUT2D eigenvalue weighted by Gasteiger charge is -2.42. The van der Waals surface area contributed by atoms with Gasteiger partial charge in [-0.1, -0.05) is 25.7 Å². The van der Waals surface area contributed by atoms with Crippen LogP contribution in [0.4, 0.5) is 0 Å². The second kappa shape index (κ2) is 6.37. The molecule has 5 nitrogen and oxygen atoms in total. The van der Waals surface area contributed by atoms with E-state index >= 15 is 0 Å². The summed E-state index contributed by atoms with van der Waals surface area (Å²) >= 11 is 0. The predicted molar refractivity (Wildman–Crippen MR) is 71.9 cm³/mol. The maximum Gasteiger partial charge on any atom is 0.305 e. The zero-order valence-corrected chi connectivity index (χ0v) is 11.7. The highest BCUT2D eigenvalue weighted by Gasteiger charge is 2.38. The first-order chi connectivity index (χ1) is 9.09. The van der Waals surface area contributed by atoms with Gasteiger partial charge in [0.1, 0.15) is 6.04 Å². The van der Waals surface area contributed by atoms with Gasteiger partial charge in [0, 0.05) is 26.2 Å². The molecule has 2 fully saturated rings. The Morgan fingerprint density at radius 3 is 2.42 bits per heavy atom. The van der Waals surface area contributed by atoms with Gasteiger partial charge < -0.3 is 10.0 Å². The van der Waals surface area contributed by atoms with Gasteiger partial charge in [0.05, 0.1) is 6.42 Å². The number of carboxylic acid groups (broad SMARTS) is 1. The van der Waals surface area contributed by atoms with E-state index < -0.39 is 12.0 Å². The van der Waals surface area contributed by atoms with Crippen LogP contribution in [-0.2, 0) is 9.59 Å². The Hall–Kier alpha value is -1.10. The Labute approximate surface area is 114 Å². The second-order valence-corrected chi connectivity index (χ2v) is 5.76. The van der Waals surface area contributed by atoms with Gasteiger partial charge in [-0.3, -0.25) is 14.5 Å². The molecular weight excluding hydrogens is 244 g/mol. The molecule has 1 N–H and O–H groups in total. The van der Waals surface area contributed by atoms with E-state index in [4.69, 9.17) is 5.11 Å². The molecule has 0 spiro atoms. The van der Waals surface area contributed by atoms with Crippen LogP contribution in [0, 0.1) is 0 Å². The van der Waals surface area contributed by atoms with Crippen molar-refractivity contribution in [1.29, 1.82) is 0 Å². The van der Waals surface area contributed by atoms with Crippen molar-refractivity contribution >= 4 is 11.9 Å². The summed E-state index contributed by atoms with van der Waals surface area (Å²) in [6.45, 7) is 1.52. The van der Waals surface area contributed by atoms with E-state index in [-0.39, 0.29) is 12.3 Å². The van der Waals surface area contributed by atoms with Crippen LogP contribution in [0.15, 0.2) is 0 Å². The normalized spacial score (nSPS) is 27.3. The molecule has 0 aromatic heterocycles. The van der Waals surface area contributed by atoms with Crippen molar-refractivity contribution in [1.82, 2.24) is 9.80 Å². The summed E-state index contributed by atoms with van der Waals surface area (Å²) in [4.78, 5) is 27.1. The van der Waals surface area contributed by atoms with Gasteiger partial charge in [-0.2, -0.15) is 0 Å². The van der Waals surface area contributed by atoms with Crippen molar-refractivity contribution in [3.63, 3.8) is 0 Å². The topological polar surface area (TPSA) is 60.9 Å². The van der Waals surface area contributed by atoms with Gasteiger partial charge in [-0.25, -0.2) is 0 Å². The van der Waals surface area contributed by atoms with Gasteiger partial charge in [0.2, 0.25) is 5.91 Å². The van der Waals surface area contributed by atoms with Crippen molar-refractivity contribution in [2.24, 2.45) is 0 Å². The molecule has 0 radical (unpaired) electrons. The molecule has 1 unspecified atom stereocenters. The van der Waals surface area contributed by atoms with Crippen molar-refractivity contribution in [3.05, 3.63) is 0 Å². The lowest BCUT2D eigenvalue weighted by atomic mass is 10.00. The van der Waals surface area contributed by atoms with Crippen molar-refractivity contribution in [2.45, 2.75) is 57.0 Å². The Balaban J connectivity index is 2.10. The van der Waals surface area contributed by atoms with Gasteiger partial charge in [-0.15, -0.1) is 0 Å². The zero-order valence-electron chi connectivity index (χ0n) is 11.7. The Morgan fingerprint density at radius 2 is 1.84 bits per heavy atom. The standard InChI is InChI=1S/C14H24N2O3/c1-15-8-9-16(11-6-4-2-3-5-7-11)12(14(15)19)10-13(17)18/h11-12H,2-10H2,1H3,(H,17,18). The van der Waals surface area contributed by atoms with E-state index in [1.165, 1.54) is 25.7 Å². The predicted octanol–water partition coefficient (Wildman–Crippen LogP) is 1.33. The van der Waals surface area contributed by atoms with E-state index in [0.717, 1.165) is 19.4 Å². The van der Waals surface area contributed by atoms with Gasteiger partial charge in [0.25, 0.3) is 0 Å². The molecule has 0 aromatic carbocycles. The van der Waals surface area contributed by atoms with E-state index in [1.807, 2.05) is 0 Å². The number of hydrogen-bond donors (Lipinski definition) is 1.